The van der Waals surface area contributed by atoms with Gasteiger partial charge >= 0.3 is 17.1 Å². The second-order valence-electron chi connectivity index (χ2n) is 11.8. The molecule has 1 heteroatoms. The molecule has 0 saturated carbocycles. The monoisotopic (exact) mass is 578 g/mol. The molecule has 2 rings (SSSR count). The normalized spacial score (nSPS) is 10.8. The topological polar surface area (TPSA) is 0 Å². The van der Waals surface area contributed by atoms with Crippen LogP contribution in [0.5, 0.6) is 0 Å². The number of aryl methyl sites for hydroxylation is 5. The Morgan fingerprint density at radius 2 is 1.00 bits per heavy atom. The minimum Gasteiger partial charge on any atom is -0.207 e. The van der Waals surface area contributed by atoms with Crippen LogP contribution in [0.2, 0.25) is 0 Å². The van der Waals surface area contributed by atoms with Crippen LogP contribution in [0, 0.1) is 0 Å². The van der Waals surface area contributed by atoms with Crippen molar-refractivity contribution in [3.63, 3.8) is 0 Å². The standard InChI is InChI=1S/C21H37.C17H29.Fe/c1-5-9-13-18-17-19(14-10-6-2)21(16-12-8-4)20(18)15-11-7-3;1-4-7-10-15-13-16(11-8-5-2)17(14-15)12-9-6-3;/h17H,5-16H2,1-4H3;13-14H,4-12H2,1-3H3;/q2*-1;+2. The molecule has 0 aliphatic heterocycles. The maximum absolute atomic E-state index is 2.58. The summed E-state index contributed by atoms with van der Waals surface area (Å²) in [5, 5.41) is 0. The third-order valence-corrected chi connectivity index (χ3v) is 8.20. The predicted molar refractivity (Wildman–Crippen MR) is 174 cm³/mol. The van der Waals surface area contributed by atoms with Gasteiger partial charge in [-0.1, -0.05) is 183 Å². The summed E-state index contributed by atoms with van der Waals surface area (Å²) < 4.78 is 0. The Balaban J connectivity index is 0.000000737. The van der Waals surface area contributed by atoms with E-state index < -0.39 is 0 Å². The number of rotatable bonds is 21. The molecule has 2 aromatic rings. The minimum atomic E-state index is 0. The molecular formula is C38H66Fe. The fourth-order valence-electron chi connectivity index (χ4n) is 5.68. The molecule has 0 unspecified atom stereocenters. The second-order valence-corrected chi connectivity index (χ2v) is 11.8. The van der Waals surface area contributed by atoms with Crippen molar-refractivity contribution in [2.45, 2.75) is 183 Å². The fourth-order valence-corrected chi connectivity index (χ4v) is 5.68. The summed E-state index contributed by atoms with van der Waals surface area (Å²) in [5.41, 5.74) is 11.8. The molecule has 2 aromatic carbocycles. The van der Waals surface area contributed by atoms with Gasteiger partial charge in [0.1, 0.15) is 0 Å². The fraction of sp³-hybridized carbons (Fsp3) is 0.737. The maximum Gasteiger partial charge on any atom is 2.00 e. The van der Waals surface area contributed by atoms with E-state index in [2.05, 4.69) is 66.7 Å². The molecule has 0 aliphatic carbocycles. The Morgan fingerprint density at radius 3 is 1.59 bits per heavy atom. The molecule has 0 atom stereocenters. The Hall–Kier alpha value is -0.781. The Bertz CT molecular complexity index is 745. The van der Waals surface area contributed by atoms with Crippen LogP contribution in [0.15, 0.2) is 18.2 Å². The minimum absolute atomic E-state index is 0. The van der Waals surface area contributed by atoms with Crippen LogP contribution in [0.3, 0.4) is 0 Å². The molecule has 0 fully saturated rings. The number of hydrogen-bond acceptors (Lipinski definition) is 0. The van der Waals surface area contributed by atoms with Crippen LogP contribution in [-0.2, 0) is 62.0 Å². The van der Waals surface area contributed by atoms with Gasteiger partial charge in [0.15, 0.2) is 0 Å². The summed E-state index contributed by atoms with van der Waals surface area (Å²) in [6.07, 6.45) is 27.7. The Morgan fingerprint density at radius 1 is 0.513 bits per heavy atom. The van der Waals surface area contributed by atoms with Crippen LogP contribution in [0.4, 0.5) is 0 Å². The molecule has 0 nitrogen and oxygen atoms in total. The summed E-state index contributed by atoms with van der Waals surface area (Å²) in [5.74, 6) is 0. The molecule has 0 amide bonds. The van der Waals surface area contributed by atoms with Crippen LogP contribution in [0.1, 0.15) is 177 Å². The van der Waals surface area contributed by atoms with Crippen LogP contribution in [0.25, 0.3) is 0 Å². The van der Waals surface area contributed by atoms with Gasteiger partial charge in [0, 0.05) is 0 Å². The molecular weight excluding hydrogens is 512 g/mol. The quantitative estimate of drug-likeness (QED) is 0.102. The molecule has 0 spiro atoms. The first-order valence-electron chi connectivity index (χ1n) is 17.2. The maximum atomic E-state index is 2.58. The van der Waals surface area contributed by atoms with Gasteiger partial charge in [-0.15, -0.1) is 0 Å². The van der Waals surface area contributed by atoms with Crippen molar-refractivity contribution in [3.8, 4) is 0 Å². The van der Waals surface area contributed by atoms with E-state index in [0.29, 0.717) is 0 Å². The molecule has 0 aliphatic rings. The van der Waals surface area contributed by atoms with Gasteiger partial charge in [0.25, 0.3) is 0 Å². The van der Waals surface area contributed by atoms with Crippen LogP contribution < -0.4 is 0 Å². The van der Waals surface area contributed by atoms with E-state index in [0.717, 1.165) is 0 Å². The van der Waals surface area contributed by atoms with Crippen molar-refractivity contribution >= 4 is 0 Å². The zero-order valence-corrected chi connectivity index (χ0v) is 28.5. The van der Waals surface area contributed by atoms with Crippen molar-refractivity contribution in [2.75, 3.05) is 0 Å². The molecule has 39 heavy (non-hydrogen) atoms. The van der Waals surface area contributed by atoms with Crippen molar-refractivity contribution in [1.82, 2.24) is 0 Å². The van der Waals surface area contributed by atoms with Crippen molar-refractivity contribution < 1.29 is 17.1 Å². The number of unbranched alkanes of at least 4 members (excludes halogenated alkanes) is 7. The smallest absolute Gasteiger partial charge is 0.207 e. The van der Waals surface area contributed by atoms with Gasteiger partial charge in [0.05, 0.1) is 0 Å². The average molecular weight is 579 g/mol. The SMILES string of the molecule is CCCCc1cc(CCCC)[c-](CCCC)c1CCCC.CCCCc1cc(CCCC)c(CCCC)[cH-]1.[Fe+2]. The molecule has 226 valence electrons. The van der Waals surface area contributed by atoms with E-state index in [1.165, 1.54) is 135 Å². The van der Waals surface area contributed by atoms with E-state index in [9.17, 15) is 0 Å². The van der Waals surface area contributed by atoms with Gasteiger partial charge in [-0.25, -0.2) is 12.1 Å². The average Bonchev–Trinajstić information content (AvgIpc) is 3.48. The summed E-state index contributed by atoms with van der Waals surface area (Å²) in [6, 6.07) is 7.55. The van der Waals surface area contributed by atoms with Crippen molar-refractivity contribution in [2.24, 2.45) is 0 Å². The van der Waals surface area contributed by atoms with Crippen molar-refractivity contribution in [3.05, 3.63) is 57.1 Å². The van der Waals surface area contributed by atoms with E-state index in [-0.39, 0.29) is 17.1 Å². The summed E-state index contributed by atoms with van der Waals surface area (Å²) in [7, 11) is 0. The van der Waals surface area contributed by atoms with Gasteiger partial charge in [-0.05, 0) is 0 Å². The third kappa shape index (κ3) is 15.1. The van der Waals surface area contributed by atoms with E-state index in [1.54, 1.807) is 38.9 Å². The first-order chi connectivity index (χ1) is 18.6. The van der Waals surface area contributed by atoms with Gasteiger partial charge in [0.2, 0.25) is 0 Å². The largest absolute Gasteiger partial charge is 2.00 e. The van der Waals surface area contributed by atoms with Crippen molar-refractivity contribution in [1.29, 1.82) is 0 Å². The van der Waals surface area contributed by atoms with E-state index in [4.69, 9.17) is 0 Å². The summed E-state index contributed by atoms with van der Waals surface area (Å²) in [4.78, 5) is 0. The molecule has 0 aromatic heterocycles. The zero-order valence-electron chi connectivity index (χ0n) is 27.4. The molecule has 0 radical (unpaired) electrons. The van der Waals surface area contributed by atoms with E-state index in [1.807, 2.05) is 0 Å². The van der Waals surface area contributed by atoms with Crippen LogP contribution >= 0.6 is 0 Å². The third-order valence-electron chi connectivity index (χ3n) is 8.20. The molecule has 0 N–H and O–H groups in total. The first-order valence-corrected chi connectivity index (χ1v) is 17.2. The molecule has 0 bridgehead atoms. The Kier molecular flexibility index (Phi) is 24.5. The Labute approximate surface area is 256 Å². The van der Waals surface area contributed by atoms with E-state index >= 15 is 0 Å². The van der Waals surface area contributed by atoms with Gasteiger partial charge in [-0.2, -0.15) is 45.0 Å². The van der Waals surface area contributed by atoms with Gasteiger partial charge < -0.3 is 0 Å². The predicted octanol–water partition coefficient (Wildman–Crippen LogP) is 12.2. The molecule has 0 saturated heterocycles. The first kappa shape index (κ1) is 38.2. The summed E-state index contributed by atoms with van der Waals surface area (Å²) >= 11 is 0. The summed E-state index contributed by atoms with van der Waals surface area (Å²) in [6.45, 7) is 16.1. The van der Waals surface area contributed by atoms with Crippen LogP contribution in [-0.4, -0.2) is 0 Å². The van der Waals surface area contributed by atoms with Gasteiger partial charge in [-0.3, -0.25) is 0 Å². The molecule has 0 heterocycles. The zero-order chi connectivity index (χ0) is 28.0. The number of hydrogen-bond donors (Lipinski definition) is 0. The second kappa shape index (κ2) is 25.0.